The van der Waals surface area contributed by atoms with Crippen LogP contribution in [-0.2, 0) is 19.4 Å². The molecular formula is C30H37N3O5S. The van der Waals surface area contributed by atoms with Gasteiger partial charge in [0.2, 0.25) is 0 Å². The SMILES string of the molecule is COc1cc2c(cc1C(=O)NCC(O)CO)-c1c(-c3cccs3)c3c(n1CC2)C(=O)N(C(C)(C)C)CCCC3. The number of thiophene rings is 1. The van der Waals surface area contributed by atoms with E-state index in [1.165, 1.54) is 7.11 Å². The highest BCUT2D eigenvalue weighted by molar-refractivity contribution is 7.13. The van der Waals surface area contributed by atoms with E-state index in [1.807, 2.05) is 23.1 Å². The molecule has 2 aliphatic heterocycles. The lowest BCUT2D eigenvalue weighted by molar-refractivity contribution is 0.0558. The van der Waals surface area contributed by atoms with E-state index in [4.69, 9.17) is 9.84 Å². The van der Waals surface area contributed by atoms with Gasteiger partial charge in [-0.2, -0.15) is 0 Å². The van der Waals surface area contributed by atoms with Crippen molar-refractivity contribution in [3.8, 4) is 27.4 Å². The van der Waals surface area contributed by atoms with E-state index < -0.39 is 18.6 Å². The molecule has 1 aromatic carbocycles. The normalized spacial score (nSPS) is 16.1. The van der Waals surface area contributed by atoms with Crippen molar-refractivity contribution in [2.45, 2.75) is 64.6 Å². The Bertz CT molecular complexity index is 1390. The number of carbonyl (C=O) groups excluding carboxylic acids is 2. The highest BCUT2D eigenvalue weighted by Crippen LogP contribution is 2.47. The number of nitrogens with zero attached hydrogens (tertiary/aromatic N) is 2. The Morgan fingerprint density at radius 1 is 1.18 bits per heavy atom. The summed E-state index contributed by atoms with van der Waals surface area (Å²) in [5.74, 6) is 0.127. The number of rotatable bonds is 6. The van der Waals surface area contributed by atoms with Crippen molar-refractivity contribution in [1.82, 2.24) is 14.8 Å². The van der Waals surface area contributed by atoms with Crippen LogP contribution in [0.4, 0.5) is 0 Å². The van der Waals surface area contributed by atoms with E-state index in [0.717, 1.165) is 64.3 Å². The Hall–Kier alpha value is -3.14. The van der Waals surface area contributed by atoms with Gasteiger partial charge in [-0.15, -0.1) is 11.3 Å². The van der Waals surface area contributed by atoms with Crippen LogP contribution < -0.4 is 10.1 Å². The largest absolute Gasteiger partial charge is 0.496 e. The molecule has 5 rings (SSSR count). The Kier molecular flexibility index (Phi) is 7.59. The zero-order chi connectivity index (χ0) is 27.9. The third kappa shape index (κ3) is 4.99. The Balaban J connectivity index is 1.73. The topological polar surface area (TPSA) is 104 Å². The van der Waals surface area contributed by atoms with Crippen molar-refractivity contribution in [3.63, 3.8) is 0 Å². The maximum atomic E-state index is 14.2. The standard InChI is InChI=1S/C30H37N3O5S/c1-30(2,3)33-11-6-5-8-20-25(24-9-7-13-39-24)26-21-15-22(28(36)31-16-19(35)17-34)23(38-4)14-18(21)10-12-32(26)27(20)29(33)37/h7,9,13-15,19,34-35H,5-6,8,10-12,16-17H2,1-4H3,(H,31,36). The van der Waals surface area contributed by atoms with E-state index in [1.54, 1.807) is 11.3 Å². The monoisotopic (exact) mass is 551 g/mol. The summed E-state index contributed by atoms with van der Waals surface area (Å²) in [7, 11) is 1.54. The second-order valence-corrected chi connectivity index (χ2v) is 12.2. The molecule has 3 aromatic rings. The van der Waals surface area contributed by atoms with Gasteiger partial charge in [0, 0.05) is 41.2 Å². The van der Waals surface area contributed by atoms with Crippen molar-refractivity contribution in [2.75, 3.05) is 26.8 Å². The van der Waals surface area contributed by atoms with Gasteiger partial charge in [-0.25, -0.2) is 0 Å². The van der Waals surface area contributed by atoms with Gasteiger partial charge in [-0.05, 0) is 81.2 Å². The average Bonchev–Trinajstić information content (AvgIpc) is 3.54. The first-order chi connectivity index (χ1) is 18.7. The zero-order valence-corrected chi connectivity index (χ0v) is 23.9. The van der Waals surface area contributed by atoms with Crippen LogP contribution >= 0.6 is 11.3 Å². The molecule has 8 nitrogen and oxygen atoms in total. The van der Waals surface area contributed by atoms with Crippen molar-refractivity contribution < 1.29 is 24.5 Å². The summed E-state index contributed by atoms with van der Waals surface area (Å²) in [6.07, 6.45) is 2.42. The summed E-state index contributed by atoms with van der Waals surface area (Å²) >= 11 is 1.66. The maximum absolute atomic E-state index is 14.2. The van der Waals surface area contributed by atoms with E-state index in [9.17, 15) is 14.7 Å². The maximum Gasteiger partial charge on any atom is 0.271 e. The number of hydrogen-bond donors (Lipinski definition) is 3. The molecule has 0 aliphatic carbocycles. The van der Waals surface area contributed by atoms with Crippen LogP contribution in [0.1, 0.15) is 65.6 Å². The van der Waals surface area contributed by atoms with E-state index >= 15 is 0 Å². The van der Waals surface area contributed by atoms with E-state index in [-0.39, 0.29) is 18.0 Å². The van der Waals surface area contributed by atoms with Crippen LogP contribution in [0.25, 0.3) is 21.7 Å². The molecule has 1 atom stereocenters. The molecule has 0 bridgehead atoms. The fourth-order valence-corrected chi connectivity index (χ4v) is 6.59. The first kappa shape index (κ1) is 27.4. The molecule has 39 heavy (non-hydrogen) atoms. The third-order valence-corrected chi connectivity index (χ3v) is 8.57. The van der Waals surface area contributed by atoms with Crippen molar-refractivity contribution in [2.24, 2.45) is 0 Å². The van der Waals surface area contributed by atoms with Crippen LogP contribution in [0.3, 0.4) is 0 Å². The minimum Gasteiger partial charge on any atom is -0.496 e. The molecule has 2 aromatic heterocycles. The fourth-order valence-electron chi connectivity index (χ4n) is 5.79. The Morgan fingerprint density at radius 2 is 1.97 bits per heavy atom. The average molecular weight is 552 g/mol. The number of aromatic nitrogens is 1. The Labute approximate surface area is 233 Å². The van der Waals surface area contributed by atoms with Crippen LogP contribution in [0.5, 0.6) is 5.75 Å². The van der Waals surface area contributed by atoms with Crippen LogP contribution in [0, 0.1) is 0 Å². The van der Waals surface area contributed by atoms with Gasteiger partial charge in [-0.3, -0.25) is 9.59 Å². The highest BCUT2D eigenvalue weighted by Gasteiger charge is 2.37. The molecule has 208 valence electrons. The molecule has 4 heterocycles. The smallest absolute Gasteiger partial charge is 0.271 e. The quantitative estimate of drug-likeness (QED) is 0.428. The van der Waals surface area contributed by atoms with Gasteiger partial charge >= 0.3 is 0 Å². The van der Waals surface area contributed by atoms with Gasteiger partial charge in [-0.1, -0.05) is 6.07 Å². The number of fused-ring (bicyclic) bond motifs is 5. The van der Waals surface area contributed by atoms with Gasteiger partial charge in [0.15, 0.2) is 0 Å². The predicted octanol–water partition coefficient (Wildman–Crippen LogP) is 4.11. The molecule has 0 saturated carbocycles. The summed E-state index contributed by atoms with van der Waals surface area (Å²) < 4.78 is 7.78. The summed E-state index contributed by atoms with van der Waals surface area (Å²) in [5, 5.41) is 23.7. The zero-order valence-electron chi connectivity index (χ0n) is 23.0. The Morgan fingerprint density at radius 3 is 2.64 bits per heavy atom. The number of aryl methyl sites for hydroxylation is 1. The van der Waals surface area contributed by atoms with E-state index in [2.05, 4.69) is 42.1 Å². The van der Waals surface area contributed by atoms with Crippen LogP contribution in [0.15, 0.2) is 29.6 Å². The molecule has 0 fully saturated rings. The van der Waals surface area contributed by atoms with Crippen LogP contribution in [-0.4, -0.2) is 69.9 Å². The number of carbonyl (C=O) groups is 2. The minimum absolute atomic E-state index is 0.0641. The van der Waals surface area contributed by atoms with Crippen LogP contribution in [0.2, 0.25) is 0 Å². The summed E-state index contributed by atoms with van der Waals surface area (Å²) in [4.78, 5) is 30.5. The van der Waals surface area contributed by atoms with Gasteiger partial charge < -0.3 is 29.7 Å². The predicted molar refractivity (Wildman–Crippen MR) is 153 cm³/mol. The van der Waals surface area contributed by atoms with Crippen molar-refractivity contribution in [3.05, 3.63) is 52.0 Å². The number of aliphatic hydroxyl groups excluding tert-OH is 2. The number of ether oxygens (including phenoxy) is 1. The molecule has 2 aliphatic rings. The molecule has 9 heteroatoms. The summed E-state index contributed by atoms with van der Waals surface area (Å²) in [6, 6.07) is 7.91. The lowest BCUT2D eigenvalue weighted by atomic mass is 9.91. The first-order valence-electron chi connectivity index (χ1n) is 13.5. The summed E-state index contributed by atoms with van der Waals surface area (Å²) in [5.41, 5.74) is 5.94. The molecular weight excluding hydrogens is 514 g/mol. The minimum atomic E-state index is -1.04. The third-order valence-electron chi connectivity index (χ3n) is 7.69. The van der Waals surface area contributed by atoms with Gasteiger partial charge in [0.25, 0.3) is 11.8 Å². The molecule has 1 unspecified atom stereocenters. The van der Waals surface area contributed by atoms with Crippen molar-refractivity contribution in [1.29, 1.82) is 0 Å². The first-order valence-corrected chi connectivity index (χ1v) is 14.4. The summed E-state index contributed by atoms with van der Waals surface area (Å²) in [6.45, 7) is 7.15. The van der Waals surface area contributed by atoms with Crippen molar-refractivity contribution >= 4 is 23.2 Å². The van der Waals surface area contributed by atoms with E-state index in [0.29, 0.717) is 24.3 Å². The number of aliphatic hydroxyl groups is 2. The van der Waals surface area contributed by atoms with Gasteiger partial charge in [0.1, 0.15) is 11.4 Å². The molecule has 0 saturated heterocycles. The van der Waals surface area contributed by atoms with Gasteiger partial charge in [0.05, 0.1) is 31.1 Å². The molecule has 2 amide bonds. The lowest BCUT2D eigenvalue weighted by Gasteiger charge is -2.37. The number of benzene rings is 1. The number of amides is 2. The number of methoxy groups -OCH3 is 1. The second-order valence-electron chi connectivity index (χ2n) is 11.3. The highest BCUT2D eigenvalue weighted by atomic mass is 32.1. The fraction of sp³-hybridized carbons (Fsp3) is 0.467. The molecule has 0 radical (unpaired) electrons. The second kappa shape index (κ2) is 10.8. The molecule has 3 N–H and O–H groups in total. The lowest BCUT2D eigenvalue weighted by Crippen LogP contribution is -2.47. The molecule has 0 spiro atoms. The number of nitrogens with one attached hydrogen (secondary N) is 1. The number of hydrogen-bond acceptors (Lipinski definition) is 6.